The lowest BCUT2D eigenvalue weighted by molar-refractivity contribution is 1.22. The molecule has 1 aromatic heterocycles. The van der Waals surface area contributed by atoms with E-state index in [0.29, 0.717) is 0 Å². The smallest absolute Gasteiger partial charge is 0.142 e. The summed E-state index contributed by atoms with van der Waals surface area (Å²) in [6, 6.07) is 16.8. The van der Waals surface area contributed by atoms with Crippen LogP contribution in [0.4, 0.5) is 0 Å². The van der Waals surface area contributed by atoms with Gasteiger partial charge in [0.2, 0.25) is 0 Å². The number of benzene rings is 1. The molecule has 0 bridgehead atoms. The minimum Gasteiger partial charge on any atom is -0.226 e. The van der Waals surface area contributed by atoms with Crippen LogP contribution in [0.1, 0.15) is 11.4 Å². The van der Waals surface area contributed by atoms with Crippen LogP contribution in [0, 0.1) is 22.7 Å². The van der Waals surface area contributed by atoms with Crippen molar-refractivity contribution in [3.05, 3.63) is 53.9 Å². The molecule has 3 nitrogen and oxygen atoms in total. The average molecular weight is 205 g/mol. The SMILES string of the molecule is N#Cc1cc(-c2ccccc2)cc(C#N)n1. The summed E-state index contributed by atoms with van der Waals surface area (Å²) in [7, 11) is 0. The van der Waals surface area contributed by atoms with Gasteiger partial charge < -0.3 is 0 Å². The molecule has 1 aromatic carbocycles. The van der Waals surface area contributed by atoms with Crippen LogP contribution in [0.25, 0.3) is 11.1 Å². The average Bonchev–Trinajstić information content (AvgIpc) is 2.39. The molecular formula is C13H7N3. The van der Waals surface area contributed by atoms with Gasteiger partial charge in [0.05, 0.1) is 0 Å². The Balaban J connectivity index is 2.59. The van der Waals surface area contributed by atoms with E-state index in [1.165, 1.54) is 0 Å². The lowest BCUT2D eigenvalue weighted by Crippen LogP contribution is -1.89. The zero-order chi connectivity index (χ0) is 11.4. The molecule has 74 valence electrons. The molecule has 0 saturated carbocycles. The number of aromatic nitrogens is 1. The number of nitrogens with zero attached hydrogens (tertiary/aromatic N) is 3. The summed E-state index contributed by atoms with van der Waals surface area (Å²) in [5.41, 5.74) is 2.33. The van der Waals surface area contributed by atoms with Crippen LogP contribution in [0.3, 0.4) is 0 Å². The minimum atomic E-state index is 0.262. The van der Waals surface area contributed by atoms with Crippen molar-refractivity contribution in [2.24, 2.45) is 0 Å². The monoisotopic (exact) mass is 205 g/mol. The van der Waals surface area contributed by atoms with Crippen LogP contribution in [0.15, 0.2) is 42.5 Å². The van der Waals surface area contributed by atoms with Crippen molar-refractivity contribution in [1.29, 1.82) is 10.5 Å². The van der Waals surface area contributed by atoms with Crippen LogP contribution in [-0.4, -0.2) is 4.98 Å². The third-order valence-electron chi connectivity index (χ3n) is 2.16. The molecule has 3 heteroatoms. The zero-order valence-electron chi connectivity index (χ0n) is 8.38. The summed E-state index contributed by atoms with van der Waals surface area (Å²) in [4.78, 5) is 3.87. The summed E-state index contributed by atoms with van der Waals surface area (Å²) in [6.45, 7) is 0. The van der Waals surface area contributed by atoms with E-state index in [2.05, 4.69) is 4.98 Å². The van der Waals surface area contributed by atoms with Gasteiger partial charge in [-0.1, -0.05) is 30.3 Å². The molecule has 0 saturated heterocycles. The quantitative estimate of drug-likeness (QED) is 0.718. The van der Waals surface area contributed by atoms with E-state index in [1.54, 1.807) is 12.1 Å². The van der Waals surface area contributed by atoms with Gasteiger partial charge in [-0.3, -0.25) is 0 Å². The van der Waals surface area contributed by atoms with E-state index in [0.717, 1.165) is 11.1 Å². The first-order valence-corrected chi connectivity index (χ1v) is 4.71. The molecule has 2 aromatic rings. The summed E-state index contributed by atoms with van der Waals surface area (Å²) in [5, 5.41) is 17.6. The highest BCUT2D eigenvalue weighted by atomic mass is 14.7. The van der Waals surface area contributed by atoms with Crippen molar-refractivity contribution >= 4 is 0 Å². The third-order valence-corrected chi connectivity index (χ3v) is 2.16. The second-order valence-electron chi connectivity index (χ2n) is 3.22. The second-order valence-corrected chi connectivity index (χ2v) is 3.22. The molecule has 0 atom stereocenters. The molecule has 0 amide bonds. The number of hydrogen-bond donors (Lipinski definition) is 0. The summed E-state index contributed by atoms with van der Waals surface area (Å²) in [6.07, 6.45) is 0. The van der Waals surface area contributed by atoms with Crippen LogP contribution in [0.5, 0.6) is 0 Å². The number of nitriles is 2. The standard InChI is InChI=1S/C13H7N3/c14-8-12-6-11(7-13(9-15)16-12)10-4-2-1-3-5-10/h1-7H. The highest BCUT2D eigenvalue weighted by Gasteiger charge is 2.03. The van der Waals surface area contributed by atoms with Crippen LogP contribution in [-0.2, 0) is 0 Å². The Labute approximate surface area is 93.2 Å². The fourth-order valence-electron chi connectivity index (χ4n) is 1.44. The second kappa shape index (κ2) is 4.25. The fourth-order valence-corrected chi connectivity index (χ4v) is 1.44. The maximum Gasteiger partial charge on any atom is 0.142 e. The first kappa shape index (κ1) is 9.89. The Hall–Kier alpha value is -2.65. The maximum absolute atomic E-state index is 8.81. The van der Waals surface area contributed by atoms with Gasteiger partial charge in [-0.05, 0) is 23.3 Å². The molecule has 0 unspecified atom stereocenters. The molecule has 0 aliphatic carbocycles. The predicted octanol–water partition coefficient (Wildman–Crippen LogP) is 2.49. The number of hydrogen-bond acceptors (Lipinski definition) is 3. The summed E-state index contributed by atoms with van der Waals surface area (Å²) >= 11 is 0. The van der Waals surface area contributed by atoms with Crippen molar-refractivity contribution in [3.8, 4) is 23.3 Å². The maximum atomic E-state index is 8.81. The van der Waals surface area contributed by atoms with Gasteiger partial charge in [-0.15, -0.1) is 0 Å². The topological polar surface area (TPSA) is 60.5 Å². The van der Waals surface area contributed by atoms with Gasteiger partial charge in [0.15, 0.2) is 0 Å². The Morgan fingerprint density at radius 1 is 0.812 bits per heavy atom. The predicted molar refractivity (Wildman–Crippen MR) is 59.1 cm³/mol. The van der Waals surface area contributed by atoms with E-state index in [-0.39, 0.29) is 11.4 Å². The molecule has 16 heavy (non-hydrogen) atoms. The molecule has 0 N–H and O–H groups in total. The van der Waals surface area contributed by atoms with E-state index in [9.17, 15) is 0 Å². The summed E-state index contributed by atoms with van der Waals surface area (Å²) in [5.74, 6) is 0. The molecule has 0 spiro atoms. The Morgan fingerprint density at radius 2 is 1.38 bits per heavy atom. The molecule has 2 rings (SSSR count). The van der Waals surface area contributed by atoms with Crippen LogP contribution >= 0.6 is 0 Å². The van der Waals surface area contributed by atoms with Crippen molar-refractivity contribution in [3.63, 3.8) is 0 Å². The molecule has 0 radical (unpaired) electrons. The minimum absolute atomic E-state index is 0.262. The van der Waals surface area contributed by atoms with Crippen LogP contribution < -0.4 is 0 Å². The van der Waals surface area contributed by atoms with Gasteiger partial charge in [0.25, 0.3) is 0 Å². The van der Waals surface area contributed by atoms with Gasteiger partial charge in [0.1, 0.15) is 23.5 Å². The van der Waals surface area contributed by atoms with Gasteiger partial charge in [-0.25, -0.2) is 4.98 Å². The van der Waals surface area contributed by atoms with E-state index < -0.39 is 0 Å². The summed E-state index contributed by atoms with van der Waals surface area (Å²) < 4.78 is 0. The fraction of sp³-hybridized carbons (Fsp3) is 0. The first-order valence-electron chi connectivity index (χ1n) is 4.71. The Bertz CT molecular complexity index is 557. The van der Waals surface area contributed by atoms with Crippen molar-refractivity contribution in [2.45, 2.75) is 0 Å². The molecule has 0 fully saturated rings. The van der Waals surface area contributed by atoms with Gasteiger partial charge >= 0.3 is 0 Å². The normalized spacial score (nSPS) is 9.12. The Morgan fingerprint density at radius 3 is 1.88 bits per heavy atom. The van der Waals surface area contributed by atoms with Crippen molar-refractivity contribution in [2.75, 3.05) is 0 Å². The van der Waals surface area contributed by atoms with Crippen LogP contribution in [0.2, 0.25) is 0 Å². The van der Waals surface area contributed by atoms with E-state index >= 15 is 0 Å². The van der Waals surface area contributed by atoms with E-state index in [1.807, 2.05) is 42.5 Å². The molecule has 0 aliphatic rings. The zero-order valence-corrected chi connectivity index (χ0v) is 8.38. The third kappa shape index (κ3) is 1.89. The Kier molecular flexibility index (Phi) is 2.63. The van der Waals surface area contributed by atoms with Gasteiger partial charge in [-0.2, -0.15) is 10.5 Å². The molecule has 0 aliphatic heterocycles. The van der Waals surface area contributed by atoms with Crippen molar-refractivity contribution < 1.29 is 0 Å². The molecular weight excluding hydrogens is 198 g/mol. The van der Waals surface area contributed by atoms with E-state index in [4.69, 9.17) is 10.5 Å². The van der Waals surface area contributed by atoms with Gasteiger partial charge in [0, 0.05) is 0 Å². The highest BCUT2D eigenvalue weighted by molar-refractivity contribution is 5.65. The lowest BCUT2D eigenvalue weighted by atomic mass is 10.1. The number of pyridine rings is 1. The number of rotatable bonds is 1. The molecule has 1 heterocycles. The first-order chi connectivity index (χ1) is 7.83. The lowest BCUT2D eigenvalue weighted by Gasteiger charge is -2.01. The highest BCUT2D eigenvalue weighted by Crippen LogP contribution is 2.20. The van der Waals surface area contributed by atoms with Crippen molar-refractivity contribution in [1.82, 2.24) is 4.98 Å². The largest absolute Gasteiger partial charge is 0.226 e.